The van der Waals surface area contributed by atoms with Crippen molar-refractivity contribution in [2.24, 2.45) is 5.73 Å². The number of hydrogen-bond acceptors (Lipinski definition) is 3. The summed E-state index contributed by atoms with van der Waals surface area (Å²) in [5.74, 6) is 0.219. The number of nitrogens with two attached hydrogens (primary N) is 1. The van der Waals surface area contributed by atoms with Gasteiger partial charge in [0.25, 0.3) is 0 Å². The van der Waals surface area contributed by atoms with E-state index in [1.807, 2.05) is 6.92 Å². The molecule has 1 fully saturated rings. The van der Waals surface area contributed by atoms with Crippen LogP contribution in [-0.4, -0.2) is 24.4 Å². The SMILES string of the molecule is CC(N)[C@H](C)B1OC(C)(C)C(C)(C)O1. The highest BCUT2D eigenvalue weighted by molar-refractivity contribution is 6.47. The summed E-state index contributed by atoms with van der Waals surface area (Å²) in [6, 6.07) is 0.0877. The molecule has 1 heterocycles. The van der Waals surface area contributed by atoms with Gasteiger partial charge in [-0.3, -0.25) is 0 Å². The molecule has 0 saturated carbocycles. The molecule has 3 nitrogen and oxygen atoms in total. The maximum Gasteiger partial charge on any atom is 0.462 e. The predicted octanol–water partition coefficient (Wildman–Crippen LogP) is 1.82. The van der Waals surface area contributed by atoms with Crippen molar-refractivity contribution in [2.75, 3.05) is 0 Å². The van der Waals surface area contributed by atoms with Gasteiger partial charge in [0.1, 0.15) is 0 Å². The minimum absolute atomic E-state index is 0.0877. The van der Waals surface area contributed by atoms with Gasteiger partial charge < -0.3 is 15.0 Å². The van der Waals surface area contributed by atoms with Gasteiger partial charge in [0.15, 0.2) is 0 Å². The van der Waals surface area contributed by atoms with Gasteiger partial charge in [0.05, 0.1) is 11.2 Å². The third-order valence-corrected chi connectivity index (χ3v) is 3.53. The Hall–Kier alpha value is -0.0551. The molecule has 4 heteroatoms. The smallest absolute Gasteiger partial charge is 0.403 e. The minimum atomic E-state index is -0.249. The highest BCUT2D eigenvalue weighted by Crippen LogP contribution is 2.40. The highest BCUT2D eigenvalue weighted by Gasteiger charge is 2.53. The molecular formula is C10H22BNO2. The highest BCUT2D eigenvalue weighted by atomic mass is 16.7. The van der Waals surface area contributed by atoms with Crippen molar-refractivity contribution in [3.8, 4) is 0 Å². The van der Waals surface area contributed by atoms with E-state index < -0.39 is 0 Å². The summed E-state index contributed by atoms with van der Waals surface area (Å²) >= 11 is 0. The van der Waals surface area contributed by atoms with Crippen LogP contribution in [0.4, 0.5) is 0 Å². The van der Waals surface area contributed by atoms with E-state index in [4.69, 9.17) is 15.0 Å². The summed E-state index contributed by atoms with van der Waals surface area (Å²) in [5.41, 5.74) is 5.33. The molecule has 1 saturated heterocycles. The second-order valence-electron chi connectivity index (χ2n) is 5.34. The first-order chi connectivity index (χ1) is 6.17. The molecule has 0 aromatic heterocycles. The summed E-state index contributed by atoms with van der Waals surface area (Å²) in [7, 11) is -0.181. The topological polar surface area (TPSA) is 44.5 Å². The third kappa shape index (κ3) is 1.97. The van der Waals surface area contributed by atoms with E-state index in [9.17, 15) is 0 Å². The van der Waals surface area contributed by atoms with Gasteiger partial charge in [-0.05, 0) is 27.7 Å². The van der Waals surface area contributed by atoms with Crippen molar-refractivity contribution >= 4 is 7.12 Å². The molecule has 1 aliphatic rings. The standard InChI is InChI=1S/C10H22BNO2/c1-7(8(2)12)11-13-9(3,4)10(5,6)14-11/h7-8H,12H2,1-6H3/t7-,8?/m0/s1. The van der Waals surface area contributed by atoms with Gasteiger partial charge in [-0.25, -0.2) is 0 Å². The molecular weight excluding hydrogens is 177 g/mol. The molecule has 0 aliphatic carbocycles. The van der Waals surface area contributed by atoms with Gasteiger partial charge in [0, 0.05) is 11.9 Å². The van der Waals surface area contributed by atoms with Crippen molar-refractivity contribution in [2.45, 2.75) is 64.6 Å². The average molecular weight is 199 g/mol. The van der Waals surface area contributed by atoms with Gasteiger partial charge in [-0.1, -0.05) is 13.8 Å². The molecule has 0 aromatic carbocycles. The first kappa shape index (κ1) is 12.0. The first-order valence-corrected chi connectivity index (χ1v) is 5.28. The van der Waals surface area contributed by atoms with Crippen LogP contribution >= 0.6 is 0 Å². The zero-order valence-corrected chi connectivity index (χ0v) is 10.1. The predicted molar refractivity (Wildman–Crippen MR) is 59.2 cm³/mol. The fourth-order valence-corrected chi connectivity index (χ4v) is 1.35. The lowest BCUT2D eigenvalue weighted by atomic mass is 9.69. The van der Waals surface area contributed by atoms with Crippen molar-refractivity contribution in [3.63, 3.8) is 0 Å². The van der Waals surface area contributed by atoms with E-state index in [-0.39, 0.29) is 30.2 Å². The maximum absolute atomic E-state index is 5.88. The molecule has 0 radical (unpaired) electrons. The first-order valence-electron chi connectivity index (χ1n) is 5.28. The lowest BCUT2D eigenvalue weighted by Gasteiger charge is -2.32. The van der Waals surface area contributed by atoms with Crippen LogP contribution in [0.1, 0.15) is 41.5 Å². The van der Waals surface area contributed by atoms with Crippen LogP contribution in [0.5, 0.6) is 0 Å². The maximum atomic E-state index is 5.88. The van der Waals surface area contributed by atoms with Crippen molar-refractivity contribution in [3.05, 3.63) is 0 Å². The molecule has 0 amide bonds. The fraction of sp³-hybridized carbons (Fsp3) is 1.00. The Morgan fingerprint density at radius 3 is 1.64 bits per heavy atom. The van der Waals surface area contributed by atoms with Crippen LogP contribution in [0.25, 0.3) is 0 Å². The van der Waals surface area contributed by atoms with E-state index in [0.29, 0.717) is 0 Å². The molecule has 2 N–H and O–H groups in total. The summed E-state index contributed by atoms with van der Waals surface area (Å²) in [6.45, 7) is 12.3. The molecule has 1 rings (SSSR count). The molecule has 0 aromatic rings. The minimum Gasteiger partial charge on any atom is -0.403 e. The normalized spacial score (nSPS) is 28.9. The van der Waals surface area contributed by atoms with E-state index in [0.717, 1.165) is 0 Å². The van der Waals surface area contributed by atoms with Crippen LogP contribution in [0.15, 0.2) is 0 Å². The Kier molecular flexibility index (Phi) is 3.01. The lowest BCUT2D eigenvalue weighted by molar-refractivity contribution is 0.00578. The Balaban J connectivity index is 2.73. The second kappa shape index (κ2) is 3.51. The van der Waals surface area contributed by atoms with Crippen LogP contribution < -0.4 is 5.73 Å². The summed E-state index contributed by atoms with van der Waals surface area (Å²) in [4.78, 5) is 0. The van der Waals surface area contributed by atoms with Crippen LogP contribution in [-0.2, 0) is 9.31 Å². The Morgan fingerprint density at radius 1 is 1.00 bits per heavy atom. The average Bonchev–Trinajstić information content (AvgIpc) is 2.20. The molecule has 14 heavy (non-hydrogen) atoms. The largest absolute Gasteiger partial charge is 0.462 e. The van der Waals surface area contributed by atoms with Crippen LogP contribution in [0.2, 0.25) is 5.82 Å². The second-order valence-corrected chi connectivity index (χ2v) is 5.34. The van der Waals surface area contributed by atoms with Gasteiger partial charge in [0.2, 0.25) is 0 Å². The molecule has 0 bridgehead atoms. The molecule has 1 aliphatic heterocycles. The molecule has 0 spiro atoms. The molecule has 82 valence electrons. The van der Waals surface area contributed by atoms with Gasteiger partial charge in [-0.15, -0.1) is 0 Å². The fourth-order valence-electron chi connectivity index (χ4n) is 1.35. The molecule has 1 unspecified atom stereocenters. The van der Waals surface area contributed by atoms with Gasteiger partial charge in [-0.2, -0.15) is 0 Å². The summed E-state index contributed by atoms with van der Waals surface area (Å²) in [6.07, 6.45) is 0. The van der Waals surface area contributed by atoms with Crippen molar-refractivity contribution < 1.29 is 9.31 Å². The zero-order valence-electron chi connectivity index (χ0n) is 10.1. The Morgan fingerprint density at radius 2 is 1.36 bits per heavy atom. The van der Waals surface area contributed by atoms with Crippen LogP contribution in [0, 0.1) is 0 Å². The van der Waals surface area contributed by atoms with Crippen LogP contribution in [0.3, 0.4) is 0 Å². The number of rotatable bonds is 2. The van der Waals surface area contributed by atoms with E-state index in [1.54, 1.807) is 0 Å². The van der Waals surface area contributed by atoms with E-state index in [1.165, 1.54) is 0 Å². The summed E-state index contributed by atoms with van der Waals surface area (Å²) < 4.78 is 11.8. The zero-order chi connectivity index (χ0) is 11.1. The monoisotopic (exact) mass is 199 g/mol. The Labute approximate surface area is 87.5 Å². The molecule has 2 atom stereocenters. The van der Waals surface area contributed by atoms with E-state index >= 15 is 0 Å². The lowest BCUT2D eigenvalue weighted by Crippen LogP contribution is -2.41. The van der Waals surface area contributed by atoms with Gasteiger partial charge >= 0.3 is 7.12 Å². The number of hydrogen-bond donors (Lipinski definition) is 1. The quantitative estimate of drug-likeness (QED) is 0.690. The van der Waals surface area contributed by atoms with Crippen molar-refractivity contribution in [1.82, 2.24) is 0 Å². The van der Waals surface area contributed by atoms with E-state index in [2.05, 4.69) is 34.6 Å². The van der Waals surface area contributed by atoms with Crippen molar-refractivity contribution in [1.29, 1.82) is 0 Å². The Bertz CT molecular complexity index is 200. The summed E-state index contributed by atoms with van der Waals surface area (Å²) in [5, 5.41) is 0. The third-order valence-electron chi connectivity index (χ3n) is 3.53.